The van der Waals surface area contributed by atoms with Gasteiger partial charge in [0.05, 0.1) is 52.7 Å². The number of ketones is 1. The highest BCUT2D eigenvalue weighted by molar-refractivity contribution is 6.08. The van der Waals surface area contributed by atoms with E-state index < -0.39 is 261 Å². The molecule has 25 rings (SSSR count). The summed E-state index contributed by atoms with van der Waals surface area (Å²) in [5.74, 6) is -35.8. The second-order valence-corrected chi connectivity index (χ2v) is 30.5. The molecular weight excluding hydrogens is 1220 g/mol. The van der Waals surface area contributed by atoms with Crippen LogP contribution in [0.4, 0.5) is 0 Å². The van der Waals surface area contributed by atoms with Gasteiger partial charge in [-0.25, -0.2) is 24.0 Å². The minimum atomic E-state index is -3.09. The first-order valence-electron chi connectivity index (χ1n) is 30.5. The zero-order valence-corrected chi connectivity index (χ0v) is 46.7. The van der Waals surface area contributed by atoms with E-state index in [2.05, 4.69) is 0 Å². The third-order valence-corrected chi connectivity index (χ3v) is 29.9. The number of carbonyl (C=O) groups is 9. The number of carbonyl (C=O) groups excluding carboxylic acids is 2. The SMILES string of the molecule is CC(=O)C1=C2C(C(=O)O)C3=CC(C(=O)O)=CC4C(O)C5C6(C(=O)O)OC67C(C(=O)O)C6C(OC=O)Cc8c(C(=O)O)cc9c%10c8[C@]68O[C@]86C7[C@]78O[C@]57[C@@]5(O[C@]345)C2C2C8=C3C45OC47C4(OC48C9=C(O)C=CC8[C@]4(C(=O)O)O[C@]74CC4=C5[C@@]2(C)C1C(O)=C4C(=O)O)C%10[C@@]36O. The first-order valence-corrected chi connectivity index (χ1v) is 30.5. The van der Waals surface area contributed by atoms with Crippen molar-refractivity contribution in [3.8, 4) is 0 Å². The molecule has 0 bridgehead atoms. The summed E-state index contributed by atoms with van der Waals surface area (Å²) in [4.78, 5) is 133. The molecule has 92 heavy (non-hydrogen) atoms. The first-order chi connectivity index (χ1) is 43.5. The summed E-state index contributed by atoms with van der Waals surface area (Å²) in [6.07, 6.45) is -0.786. The molecule has 17 aliphatic carbocycles. The van der Waals surface area contributed by atoms with Crippen LogP contribution in [0.25, 0.3) is 5.57 Å². The third-order valence-electron chi connectivity index (χ3n) is 29.9. The fraction of sp³-hybridized carbons (Fsp3) is 0.516. The summed E-state index contributed by atoms with van der Waals surface area (Å²) in [5.41, 5.74) is -44.8. The molecule has 464 valence electrons. The molecule has 7 aliphatic heterocycles. The maximum atomic E-state index is 16.5. The average Bonchev–Trinajstić information content (AvgIpc) is 1.33. The van der Waals surface area contributed by atoms with Crippen molar-refractivity contribution in [2.24, 2.45) is 64.6 Å². The Balaban J connectivity index is 0.964. The Kier molecular flexibility index (Phi) is 6.28. The molecule has 0 radical (unpaired) electrons. The second-order valence-electron chi connectivity index (χ2n) is 30.5. The molecule has 7 saturated carbocycles. The number of aliphatic hydroxyl groups excluding tert-OH is 3. The lowest BCUT2D eigenvalue weighted by Crippen LogP contribution is -2.90. The van der Waals surface area contributed by atoms with Gasteiger partial charge in [-0.05, 0) is 75.3 Å². The molecular formula is C64H40O28. The lowest BCUT2D eigenvalue weighted by molar-refractivity contribution is -0.200. The number of carboxylic acid groups (broad SMARTS) is 7. The number of aliphatic carboxylic acids is 6. The van der Waals surface area contributed by atoms with Gasteiger partial charge in [0.15, 0.2) is 17.0 Å². The highest BCUT2D eigenvalue weighted by Gasteiger charge is 3.25. The Hall–Kier alpha value is -8.19. The van der Waals surface area contributed by atoms with Crippen molar-refractivity contribution >= 4 is 59.6 Å². The molecule has 7 heterocycles. The minimum Gasteiger partial charge on any atom is -0.511 e. The molecule has 11 N–H and O–H groups in total. The number of Topliss-reactive ketones (excluding diaryl/α,β-unsaturated/α-hetero) is 1. The molecule has 19 unspecified atom stereocenters. The molecule has 24 aliphatic rings. The smallest absolute Gasteiger partial charge is 0.339 e. The van der Waals surface area contributed by atoms with Crippen LogP contribution in [0, 0.1) is 64.6 Å². The molecule has 28 nitrogen and oxygen atoms in total. The molecule has 0 aromatic heterocycles. The second kappa shape index (κ2) is 11.7. The highest BCUT2D eigenvalue weighted by Crippen LogP contribution is 3.09. The summed E-state index contributed by atoms with van der Waals surface area (Å²) >= 11 is 0. The zero-order valence-electron chi connectivity index (χ0n) is 46.7. The third kappa shape index (κ3) is 3.12. The van der Waals surface area contributed by atoms with E-state index in [0.717, 1.165) is 19.1 Å². The van der Waals surface area contributed by atoms with E-state index in [4.69, 9.17) is 37.9 Å². The van der Waals surface area contributed by atoms with Gasteiger partial charge >= 0.3 is 41.8 Å². The summed E-state index contributed by atoms with van der Waals surface area (Å²) in [6, 6.07) is 1.22. The summed E-state index contributed by atoms with van der Waals surface area (Å²) in [6.45, 7) is 2.65. The molecule has 29 atom stereocenters. The van der Waals surface area contributed by atoms with Gasteiger partial charge in [-0.1, -0.05) is 19.1 Å². The standard InChI is InChI=1S/C64H40O28/c1-11(66)22-26-25(44(76)77)17-5-12(41(70)71)6-18-35(68)40-59(48(82)83)56(87-59)34(45(78)79)29-20(85-10-65)8-13-14(42(72)73)7-15-23-28(13)55(29)63(90-55)46(56)57-33-32(30(26)60(52(17,18)88-60)61(40,57)91-57)49(2)31(22)36(69)24(43(74)75)16-9-50-54(86-50,47(80)81)21-4-3-19(67)27(15)53(21)62(89-53)38(23)51(63,84)39(33)58(37(16)49)64(50,62)92-58/h3-7,10,18,20-21,25,29-32,34-35,38,40,46,67-69,84H,8-9H2,1-2H3,(H,70,71)(H,72,73)(H,74,75)(H,76,77)(H,78,79)(H,80,81)(H,82,83)/t18?,20?,21?,25?,29?,30?,31?,32?,34?,35?,38?,40?,46?,49-,50-,51+,52+,53?,54+,55-,56?,57-,58?,59?,60+,61+,62?,63-,64?/m0/s1. The molecule has 12 spiro atoms. The van der Waals surface area contributed by atoms with Crippen LogP contribution in [0.1, 0.15) is 58.8 Å². The van der Waals surface area contributed by atoms with E-state index in [9.17, 15) is 75.0 Å². The van der Waals surface area contributed by atoms with Crippen molar-refractivity contribution in [2.75, 3.05) is 0 Å². The Morgan fingerprint density at radius 3 is 2.15 bits per heavy atom. The number of epoxide rings is 7. The van der Waals surface area contributed by atoms with Crippen LogP contribution < -0.4 is 0 Å². The monoisotopic (exact) mass is 1260 g/mol. The van der Waals surface area contributed by atoms with E-state index in [-0.39, 0.29) is 67.7 Å². The topological polar surface area (TPSA) is 473 Å². The number of aromatic carboxylic acids is 1. The van der Waals surface area contributed by atoms with E-state index in [1.54, 1.807) is 6.92 Å². The van der Waals surface area contributed by atoms with Crippen molar-refractivity contribution in [3.63, 3.8) is 0 Å². The number of rotatable bonds is 10. The lowest BCUT2D eigenvalue weighted by Gasteiger charge is -2.75. The van der Waals surface area contributed by atoms with E-state index in [0.29, 0.717) is 0 Å². The molecule has 0 amide bonds. The van der Waals surface area contributed by atoms with Crippen molar-refractivity contribution in [3.05, 3.63) is 120 Å². The fourth-order valence-corrected chi connectivity index (χ4v) is 29.4. The Morgan fingerprint density at radius 2 is 1.49 bits per heavy atom. The van der Waals surface area contributed by atoms with Crippen LogP contribution in [0.2, 0.25) is 0 Å². The van der Waals surface area contributed by atoms with Gasteiger partial charge in [0.1, 0.15) is 90.7 Å². The number of aliphatic hydroxyl groups is 4. The van der Waals surface area contributed by atoms with Crippen molar-refractivity contribution < 1.29 is 137 Å². The van der Waals surface area contributed by atoms with Gasteiger partial charge in [0.25, 0.3) is 6.47 Å². The van der Waals surface area contributed by atoms with Crippen LogP contribution in [0.5, 0.6) is 0 Å². The molecule has 14 fully saturated rings. The Bertz CT molecular complexity index is 4960. The van der Waals surface area contributed by atoms with Crippen LogP contribution >= 0.6 is 0 Å². The predicted octanol–water partition coefficient (Wildman–Crippen LogP) is -1.08. The largest absolute Gasteiger partial charge is 0.511 e. The predicted molar refractivity (Wildman–Crippen MR) is 276 cm³/mol. The van der Waals surface area contributed by atoms with Gasteiger partial charge in [-0.15, -0.1) is 0 Å². The van der Waals surface area contributed by atoms with Gasteiger partial charge in [-0.2, -0.15) is 0 Å². The van der Waals surface area contributed by atoms with Gasteiger partial charge in [0.2, 0.25) is 11.2 Å². The number of allylic oxidation sites excluding steroid dienone is 2. The van der Waals surface area contributed by atoms with Crippen molar-refractivity contribution in [1.29, 1.82) is 0 Å². The zero-order chi connectivity index (χ0) is 63.3. The number of hydrogen-bond donors (Lipinski definition) is 11. The molecule has 1 aromatic carbocycles. The van der Waals surface area contributed by atoms with Gasteiger partial charge in [-0.3, -0.25) is 19.2 Å². The summed E-state index contributed by atoms with van der Waals surface area (Å²) < 4.78 is 59.1. The quantitative estimate of drug-likeness (QED) is 0.0754. The minimum absolute atomic E-state index is 0.00253. The summed E-state index contributed by atoms with van der Waals surface area (Å²) in [5, 5.41) is 141. The lowest BCUT2D eigenvalue weighted by atomic mass is 9.21. The van der Waals surface area contributed by atoms with Crippen molar-refractivity contribution in [1.82, 2.24) is 0 Å². The average molecular weight is 1260 g/mol. The van der Waals surface area contributed by atoms with Crippen LogP contribution in [0.3, 0.4) is 0 Å². The van der Waals surface area contributed by atoms with Crippen LogP contribution in [-0.2, 0) is 88.3 Å². The molecule has 1 aromatic rings. The van der Waals surface area contributed by atoms with Crippen LogP contribution in [-0.4, -0.2) is 201 Å². The number of carboxylic acids is 7. The summed E-state index contributed by atoms with van der Waals surface area (Å²) in [7, 11) is 0. The number of fused-ring (bicyclic) bond motifs is 3. The number of hydrogen-bond acceptors (Lipinski definition) is 21. The maximum absolute atomic E-state index is 16.5. The Labute approximate surface area is 508 Å². The fourth-order valence-electron chi connectivity index (χ4n) is 29.4. The van der Waals surface area contributed by atoms with Gasteiger partial charge in [0, 0.05) is 58.6 Å². The molecule has 28 heteroatoms. The van der Waals surface area contributed by atoms with Gasteiger partial charge < -0.3 is 94.1 Å². The van der Waals surface area contributed by atoms with E-state index in [1.165, 1.54) is 18.2 Å². The number of benzene rings is 1. The number of ether oxygens (including phenoxy) is 8. The van der Waals surface area contributed by atoms with E-state index in [1.807, 2.05) is 0 Å². The van der Waals surface area contributed by atoms with Crippen LogP contribution in [0.15, 0.2) is 92.0 Å². The molecule has 7 saturated heterocycles. The Morgan fingerprint density at radius 1 is 0.772 bits per heavy atom. The first kappa shape index (κ1) is 49.4. The van der Waals surface area contributed by atoms with Crippen molar-refractivity contribution in [2.45, 2.75) is 129 Å². The highest BCUT2D eigenvalue weighted by atomic mass is 16.8. The normalized spacial score (nSPS) is 59.7. The van der Waals surface area contributed by atoms with E-state index >= 15 is 24.3 Å². The maximum Gasteiger partial charge on any atom is 0.339 e.